The van der Waals surface area contributed by atoms with Crippen molar-refractivity contribution in [1.29, 1.82) is 0 Å². The molecule has 0 fully saturated rings. The highest BCUT2D eigenvalue weighted by Crippen LogP contribution is 2.48. The lowest BCUT2D eigenvalue weighted by atomic mass is 9.83. The van der Waals surface area contributed by atoms with Gasteiger partial charge in [0.2, 0.25) is 0 Å². The first-order valence-electron chi connectivity index (χ1n) is 18.5. The van der Waals surface area contributed by atoms with E-state index in [1.807, 2.05) is 78.9 Å². The van der Waals surface area contributed by atoms with Crippen molar-refractivity contribution in [2.75, 3.05) is 0 Å². The molecule has 9 aromatic rings. The SMILES string of the molecule is [2H]c1c([2H])c([2H])c(-c2c([2H])c([2H])c([2H])c([2H])c2-c2c3ccccc3c(-c3cccc4c3oc3cc5ccccc5cc34)c3ccccc23)c([2H])c1[2H]. The molecule has 0 bridgehead atoms. The van der Waals surface area contributed by atoms with Crippen molar-refractivity contribution in [1.82, 2.24) is 0 Å². The summed E-state index contributed by atoms with van der Waals surface area (Å²) in [6, 6.07) is 28.8. The van der Waals surface area contributed by atoms with Crippen LogP contribution in [0.1, 0.15) is 12.3 Å². The van der Waals surface area contributed by atoms with Crippen LogP contribution < -0.4 is 0 Å². The molecule has 0 spiro atoms. The first kappa shape index (κ1) is 16.7. The first-order chi connectivity index (χ1) is 25.1. The number of fused-ring (bicyclic) bond motifs is 6. The lowest BCUT2D eigenvalue weighted by Gasteiger charge is -2.19. The summed E-state index contributed by atoms with van der Waals surface area (Å²) in [7, 11) is 0. The third-order valence-electron chi connectivity index (χ3n) is 8.25. The first-order valence-corrected chi connectivity index (χ1v) is 14.0. The van der Waals surface area contributed by atoms with Crippen LogP contribution in [-0.2, 0) is 0 Å². The lowest BCUT2D eigenvalue weighted by molar-refractivity contribution is 0.670. The second-order valence-electron chi connectivity index (χ2n) is 10.6. The van der Waals surface area contributed by atoms with Crippen molar-refractivity contribution in [3.05, 3.63) is 158 Å². The summed E-state index contributed by atoms with van der Waals surface area (Å²) in [5.74, 6) is 0. The van der Waals surface area contributed by atoms with E-state index in [0.29, 0.717) is 21.9 Å². The molecule has 1 nitrogen and oxygen atoms in total. The molecule has 9 rings (SSSR count). The van der Waals surface area contributed by atoms with Gasteiger partial charge in [0.1, 0.15) is 11.2 Å². The number of hydrogen-bond donors (Lipinski definition) is 0. The van der Waals surface area contributed by atoms with E-state index >= 15 is 0 Å². The fraction of sp³-hybridized carbons (Fsp3) is 0. The topological polar surface area (TPSA) is 13.1 Å². The van der Waals surface area contributed by atoms with Crippen LogP contribution in [0.15, 0.2) is 162 Å². The van der Waals surface area contributed by atoms with Crippen LogP contribution in [0, 0.1) is 0 Å². The van der Waals surface area contributed by atoms with Gasteiger partial charge in [-0.15, -0.1) is 0 Å². The maximum atomic E-state index is 9.29. The monoisotopic (exact) mass is 555 g/mol. The van der Waals surface area contributed by atoms with Gasteiger partial charge in [-0.25, -0.2) is 0 Å². The van der Waals surface area contributed by atoms with Crippen LogP contribution in [0.2, 0.25) is 0 Å². The molecule has 0 aliphatic carbocycles. The Morgan fingerprint density at radius 1 is 0.419 bits per heavy atom. The summed E-state index contributed by atoms with van der Waals surface area (Å²) in [6.07, 6.45) is 0. The molecule has 0 aliphatic heterocycles. The zero-order valence-electron chi connectivity index (χ0n) is 31.7. The molecule has 0 atom stereocenters. The molecule has 1 heterocycles. The minimum atomic E-state index is -0.591. The van der Waals surface area contributed by atoms with Crippen molar-refractivity contribution in [3.63, 3.8) is 0 Å². The quantitative estimate of drug-likeness (QED) is 0.198. The highest BCUT2D eigenvalue weighted by atomic mass is 16.3. The molecule has 0 radical (unpaired) electrons. The molecular formula is C42H26O. The van der Waals surface area contributed by atoms with E-state index < -0.39 is 48.3 Å². The summed E-state index contributed by atoms with van der Waals surface area (Å²) in [6.45, 7) is 0. The Balaban J connectivity index is 1.45. The molecule has 0 N–H and O–H groups in total. The molecular weight excluding hydrogens is 520 g/mol. The van der Waals surface area contributed by atoms with Gasteiger partial charge in [0.05, 0.1) is 12.3 Å². The van der Waals surface area contributed by atoms with E-state index in [1.54, 1.807) is 0 Å². The Morgan fingerprint density at radius 2 is 0.953 bits per heavy atom. The summed E-state index contributed by atoms with van der Waals surface area (Å²) in [5.41, 5.74) is 3.25. The van der Waals surface area contributed by atoms with Gasteiger partial charge >= 0.3 is 0 Å². The average Bonchev–Trinajstić information content (AvgIpc) is 3.53. The van der Waals surface area contributed by atoms with Gasteiger partial charge in [-0.3, -0.25) is 0 Å². The van der Waals surface area contributed by atoms with E-state index in [4.69, 9.17) is 15.4 Å². The summed E-state index contributed by atoms with van der Waals surface area (Å²) < 4.78 is 85.1. The molecule has 200 valence electrons. The van der Waals surface area contributed by atoms with Gasteiger partial charge in [0.15, 0.2) is 0 Å². The number of furan rings is 1. The van der Waals surface area contributed by atoms with Gasteiger partial charge < -0.3 is 4.42 Å². The predicted molar refractivity (Wildman–Crippen MR) is 183 cm³/mol. The van der Waals surface area contributed by atoms with Gasteiger partial charge in [-0.2, -0.15) is 0 Å². The van der Waals surface area contributed by atoms with E-state index in [-0.39, 0.29) is 22.7 Å². The van der Waals surface area contributed by atoms with Crippen LogP contribution in [0.5, 0.6) is 0 Å². The maximum absolute atomic E-state index is 9.29. The van der Waals surface area contributed by atoms with Crippen molar-refractivity contribution >= 4 is 54.3 Å². The minimum Gasteiger partial charge on any atom is -0.455 e. The van der Waals surface area contributed by atoms with E-state index in [2.05, 4.69) is 24.3 Å². The van der Waals surface area contributed by atoms with Gasteiger partial charge in [0.25, 0.3) is 0 Å². The fourth-order valence-corrected chi connectivity index (χ4v) is 6.43. The molecule has 0 amide bonds. The Kier molecular flexibility index (Phi) is 3.67. The normalized spacial score (nSPS) is 14.7. The Hall–Kier alpha value is -5.66. The molecule has 0 aliphatic rings. The highest BCUT2D eigenvalue weighted by Gasteiger charge is 2.21. The minimum absolute atomic E-state index is 0.0529. The number of hydrogen-bond acceptors (Lipinski definition) is 1. The molecule has 0 saturated carbocycles. The van der Waals surface area contributed by atoms with Crippen LogP contribution in [0.3, 0.4) is 0 Å². The van der Waals surface area contributed by atoms with Crippen LogP contribution in [0.4, 0.5) is 0 Å². The van der Waals surface area contributed by atoms with Gasteiger partial charge in [0, 0.05) is 21.9 Å². The number of benzene rings is 8. The molecule has 43 heavy (non-hydrogen) atoms. The van der Waals surface area contributed by atoms with Gasteiger partial charge in [-0.1, -0.05) is 145 Å². The van der Waals surface area contributed by atoms with E-state index in [1.165, 1.54) is 0 Å². The number of para-hydroxylation sites is 1. The molecule has 1 heteroatoms. The molecule has 8 aromatic carbocycles. The third-order valence-corrected chi connectivity index (χ3v) is 8.25. The Bertz CT molecular complexity index is 2930. The van der Waals surface area contributed by atoms with Crippen LogP contribution in [0.25, 0.3) is 87.6 Å². The van der Waals surface area contributed by atoms with Crippen molar-refractivity contribution < 1.29 is 16.8 Å². The lowest BCUT2D eigenvalue weighted by Crippen LogP contribution is -1.92. The van der Waals surface area contributed by atoms with Crippen molar-refractivity contribution in [3.8, 4) is 33.4 Å². The van der Waals surface area contributed by atoms with Crippen LogP contribution in [-0.4, -0.2) is 0 Å². The second-order valence-corrected chi connectivity index (χ2v) is 10.6. The zero-order valence-corrected chi connectivity index (χ0v) is 22.7. The Labute approximate surface area is 261 Å². The largest absolute Gasteiger partial charge is 0.455 e. The Morgan fingerprint density at radius 3 is 1.63 bits per heavy atom. The maximum Gasteiger partial charge on any atom is 0.143 e. The average molecular weight is 556 g/mol. The van der Waals surface area contributed by atoms with Crippen molar-refractivity contribution in [2.45, 2.75) is 0 Å². The summed E-state index contributed by atoms with van der Waals surface area (Å²) in [4.78, 5) is 0. The second kappa shape index (κ2) is 9.44. The van der Waals surface area contributed by atoms with Crippen LogP contribution >= 0.6 is 0 Å². The molecule has 0 saturated heterocycles. The third kappa shape index (κ3) is 3.65. The molecule has 0 unspecified atom stereocenters. The summed E-state index contributed by atoms with van der Waals surface area (Å²) in [5, 5.41) is 7.01. The van der Waals surface area contributed by atoms with Crippen molar-refractivity contribution in [2.24, 2.45) is 0 Å². The highest BCUT2D eigenvalue weighted by molar-refractivity contribution is 6.25. The molecule has 1 aromatic heterocycles. The standard InChI is InChI=1S/C42H26O/c1-2-13-27(14-3-1)30-17-6-7-18-31(30)40-32-19-8-10-21-34(32)41(35-22-11-9-20-33(35)40)37-24-12-23-36-38-25-28-15-4-5-16-29(28)26-39(38)43-42(36)37/h1-26H/i1D,2D,3D,6D,7D,13D,14D,17D,18D. The van der Waals surface area contributed by atoms with E-state index in [0.717, 1.165) is 49.0 Å². The smallest absolute Gasteiger partial charge is 0.143 e. The van der Waals surface area contributed by atoms with E-state index in [9.17, 15) is 1.37 Å². The summed E-state index contributed by atoms with van der Waals surface area (Å²) >= 11 is 0. The zero-order chi connectivity index (χ0) is 36.2. The van der Waals surface area contributed by atoms with Gasteiger partial charge in [-0.05, 0) is 66.7 Å². The predicted octanol–water partition coefficient (Wildman–Crippen LogP) is 12.0. The fourth-order valence-electron chi connectivity index (χ4n) is 6.43. The number of rotatable bonds is 3.